The van der Waals surface area contributed by atoms with E-state index in [1.807, 2.05) is 34.0 Å². The van der Waals surface area contributed by atoms with Crippen LogP contribution in [0.5, 0.6) is 0 Å². The van der Waals surface area contributed by atoms with E-state index in [0.29, 0.717) is 0 Å². The average molecular weight is 348 g/mol. The molecule has 0 spiro atoms. The number of nitrogens with two attached hydrogens (primary N) is 1. The van der Waals surface area contributed by atoms with Crippen LogP contribution in [0.15, 0.2) is 0 Å². The van der Waals surface area contributed by atoms with Gasteiger partial charge in [-0.3, -0.25) is 14.4 Å². The van der Waals surface area contributed by atoms with Crippen LogP contribution in [0.3, 0.4) is 0 Å². The molecule has 7 nitrogen and oxygen atoms in total. The fourth-order valence-electron chi connectivity index (χ4n) is 2.21. The first kappa shape index (κ1) is 19.8. The maximum Gasteiger partial charge on any atom is 0.305 e. The molecule has 3 atom stereocenters. The van der Waals surface area contributed by atoms with E-state index in [4.69, 9.17) is 7.16 Å². The molecule has 0 aliphatic heterocycles. The van der Waals surface area contributed by atoms with Gasteiger partial charge in [-0.1, -0.05) is 13.8 Å². The smallest absolute Gasteiger partial charge is 0.305 e. The fourth-order valence-corrected chi connectivity index (χ4v) is 2.79. The van der Waals surface area contributed by atoms with Gasteiger partial charge in [0, 0.05) is 10.8 Å². The summed E-state index contributed by atoms with van der Waals surface area (Å²) in [5, 5.41) is 9.16. The van der Waals surface area contributed by atoms with Crippen LogP contribution in [0.2, 0.25) is 0 Å². The van der Waals surface area contributed by atoms with Crippen molar-refractivity contribution in [3.8, 4) is 0 Å². The number of thioether (sulfide) groups is 1. The minimum absolute atomic E-state index is 0.0775. The largest absolute Gasteiger partial charge is 0.481 e. The average Bonchev–Trinajstić information content (AvgIpc) is 2.51. The molecule has 1 unspecified atom stereocenters. The maximum absolute atomic E-state index is 12.4. The third-order valence-corrected chi connectivity index (χ3v) is 5.02. The highest BCUT2D eigenvalue weighted by atomic mass is 32.2. The Morgan fingerprint density at radius 1 is 1.22 bits per heavy atom. The van der Waals surface area contributed by atoms with Crippen LogP contribution in [-0.4, -0.2) is 52.0 Å². The van der Waals surface area contributed by atoms with Crippen molar-refractivity contribution in [1.29, 1.82) is 1.43 Å². The second-order valence-corrected chi connectivity index (χ2v) is 7.91. The topological polar surface area (TPSA) is 122 Å². The summed E-state index contributed by atoms with van der Waals surface area (Å²) in [7, 11) is 0. The molecule has 0 aliphatic rings. The molecule has 0 saturated carbocycles. The second-order valence-electron chi connectivity index (χ2n) is 6.45. The van der Waals surface area contributed by atoms with Crippen LogP contribution in [-0.2, 0) is 14.4 Å². The number of carboxylic acids is 1. The minimum Gasteiger partial charge on any atom is -0.481 e. The van der Waals surface area contributed by atoms with Gasteiger partial charge in [0.2, 0.25) is 11.8 Å². The predicted molar refractivity (Wildman–Crippen MR) is 92.2 cm³/mol. The molecule has 0 rings (SSSR count). The molecule has 0 aromatic rings. The SMILES string of the molecule is [2H]OC(=O)C[C@H](N)C(=O)N[C@@H](C)C(=O)NC(C(C)C)C(C)(C)SC. The van der Waals surface area contributed by atoms with Gasteiger partial charge in [0.1, 0.15) is 6.04 Å². The molecule has 2 amide bonds. The zero-order chi connectivity index (χ0) is 19.1. The number of amides is 2. The van der Waals surface area contributed by atoms with Gasteiger partial charge in [-0.15, -0.1) is 0 Å². The zero-order valence-corrected chi connectivity index (χ0v) is 15.5. The summed E-state index contributed by atoms with van der Waals surface area (Å²) in [6.07, 6.45) is 1.56. The molecule has 0 radical (unpaired) electrons. The highest BCUT2D eigenvalue weighted by Crippen LogP contribution is 2.29. The van der Waals surface area contributed by atoms with Crippen molar-refractivity contribution in [1.82, 2.24) is 10.6 Å². The van der Waals surface area contributed by atoms with E-state index in [1.54, 1.807) is 18.7 Å². The van der Waals surface area contributed by atoms with Gasteiger partial charge in [0.05, 0.1) is 12.5 Å². The molecule has 0 fully saturated rings. The van der Waals surface area contributed by atoms with E-state index in [2.05, 4.69) is 15.7 Å². The van der Waals surface area contributed by atoms with Crippen molar-refractivity contribution in [3.05, 3.63) is 0 Å². The molecule has 8 heteroatoms. The first-order valence-electron chi connectivity index (χ1n) is 7.94. The van der Waals surface area contributed by atoms with Gasteiger partial charge in [-0.05, 0) is 32.9 Å². The van der Waals surface area contributed by atoms with Gasteiger partial charge in [-0.2, -0.15) is 11.8 Å². The first-order valence-corrected chi connectivity index (χ1v) is 8.76. The minimum atomic E-state index is -1.17. The number of carbonyl (C=O) groups is 3. The molecule has 5 N–H and O–H groups in total. The van der Waals surface area contributed by atoms with Crippen LogP contribution >= 0.6 is 11.8 Å². The molecule has 0 heterocycles. The zero-order valence-electron chi connectivity index (χ0n) is 15.6. The maximum atomic E-state index is 12.4. The standard InChI is InChI=1S/C15H29N3O4S/c1-8(2)12(15(4,5)23-6)18-13(21)9(3)17-14(22)10(16)7-11(19)20/h8-10,12H,7,16H2,1-6H3,(H,17,22)(H,18,21)(H,19,20)/t9-,10-,12?/m0/s1/i/hD. The number of aliphatic carboxylic acids is 1. The third-order valence-electron chi connectivity index (χ3n) is 3.71. The molecule has 134 valence electrons. The number of hydrogen-bond acceptors (Lipinski definition) is 6. The summed E-state index contributed by atoms with van der Waals surface area (Å²) in [5.41, 5.74) is 5.55. The Labute approximate surface area is 143 Å². The molecule has 0 aromatic heterocycles. The van der Waals surface area contributed by atoms with E-state index in [-0.39, 0.29) is 22.6 Å². The van der Waals surface area contributed by atoms with Gasteiger partial charge < -0.3 is 21.5 Å². The molecule has 23 heavy (non-hydrogen) atoms. The lowest BCUT2D eigenvalue weighted by atomic mass is 9.92. The summed E-state index contributed by atoms with van der Waals surface area (Å²) in [6.45, 7) is 9.69. The van der Waals surface area contributed by atoms with Crippen molar-refractivity contribution < 1.29 is 19.5 Å². The monoisotopic (exact) mass is 348 g/mol. The lowest BCUT2D eigenvalue weighted by Gasteiger charge is -2.37. The molecule has 0 aromatic carbocycles. The van der Waals surface area contributed by atoms with Crippen molar-refractivity contribution in [2.45, 2.75) is 63.9 Å². The van der Waals surface area contributed by atoms with E-state index < -0.39 is 30.4 Å². The number of carboxylic acid groups (broad SMARTS) is 1. The normalized spacial score (nSPS) is 16.1. The Kier molecular flexibility index (Phi) is 7.84. The molecule has 0 aliphatic carbocycles. The third kappa shape index (κ3) is 7.22. The van der Waals surface area contributed by atoms with Crippen molar-refractivity contribution >= 4 is 29.5 Å². The summed E-state index contributed by atoms with van der Waals surface area (Å²) >= 11 is 1.65. The quantitative estimate of drug-likeness (QED) is 0.483. The van der Waals surface area contributed by atoms with Gasteiger partial charge >= 0.3 is 5.97 Å². The Bertz CT molecular complexity index is 460. The van der Waals surface area contributed by atoms with Crippen LogP contribution < -0.4 is 16.4 Å². The van der Waals surface area contributed by atoms with Gasteiger partial charge in [0.25, 0.3) is 1.43 Å². The van der Waals surface area contributed by atoms with Gasteiger partial charge in [-0.25, -0.2) is 0 Å². The predicted octanol–water partition coefficient (Wildman–Crippen LogP) is 0.575. The Balaban J connectivity index is 4.75. The van der Waals surface area contributed by atoms with E-state index in [0.717, 1.165) is 0 Å². The van der Waals surface area contributed by atoms with Crippen molar-refractivity contribution in [2.24, 2.45) is 11.7 Å². The lowest BCUT2D eigenvalue weighted by Crippen LogP contribution is -2.56. The molecular formula is C15H29N3O4S. The van der Waals surface area contributed by atoms with Crippen LogP contribution in [0.25, 0.3) is 1.43 Å². The highest BCUT2D eigenvalue weighted by molar-refractivity contribution is 8.00. The van der Waals surface area contributed by atoms with Crippen molar-refractivity contribution in [3.63, 3.8) is 0 Å². The Morgan fingerprint density at radius 3 is 2.22 bits per heavy atom. The van der Waals surface area contributed by atoms with Crippen LogP contribution in [0.4, 0.5) is 0 Å². The molecule has 0 bridgehead atoms. The summed E-state index contributed by atoms with van der Waals surface area (Å²) < 4.78 is 6.28. The Morgan fingerprint density at radius 2 is 1.78 bits per heavy atom. The summed E-state index contributed by atoms with van der Waals surface area (Å²) in [4.78, 5) is 35.2. The van der Waals surface area contributed by atoms with Crippen molar-refractivity contribution in [2.75, 3.05) is 6.26 Å². The Hall–Kier alpha value is -1.28. The molecular weight excluding hydrogens is 318 g/mol. The fraction of sp³-hybridized carbons (Fsp3) is 0.800. The van der Waals surface area contributed by atoms with E-state index in [1.165, 1.54) is 0 Å². The second kappa shape index (κ2) is 9.12. The van der Waals surface area contributed by atoms with Crippen LogP contribution in [0, 0.1) is 5.92 Å². The van der Waals surface area contributed by atoms with Crippen LogP contribution in [0.1, 0.15) is 41.0 Å². The van der Waals surface area contributed by atoms with E-state index >= 15 is 0 Å². The number of hydrogen-bond donors (Lipinski definition) is 4. The number of rotatable bonds is 9. The highest BCUT2D eigenvalue weighted by Gasteiger charge is 2.33. The lowest BCUT2D eigenvalue weighted by molar-refractivity contribution is -0.139. The van der Waals surface area contributed by atoms with E-state index in [9.17, 15) is 14.4 Å². The number of nitrogens with one attached hydrogen (secondary N) is 2. The van der Waals surface area contributed by atoms with Gasteiger partial charge in [0.15, 0.2) is 0 Å². The first-order chi connectivity index (χ1) is 11.0. The summed E-state index contributed by atoms with van der Waals surface area (Å²) in [6, 6.07) is -2.04. The molecule has 0 saturated heterocycles. The summed E-state index contributed by atoms with van der Waals surface area (Å²) in [5.74, 6) is -1.66. The number of carbonyl (C=O) groups excluding carboxylic acids is 2.